The summed E-state index contributed by atoms with van der Waals surface area (Å²) < 4.78 is 4.88. The first-order valence-corrected chi connectivity index (χ1v) is 8.16. The molecule has 2 amide bonds. The minimum Gasteiger partial charge on any atom is -0.461 e. The quantitative estimate of drug-likeness (QED) is 0.459. The summed E-state index contributed by atoms with van der Waals surface area (Å²) in [5.74, 6) is -1.84. The number of anilines is 1. The van der Waals surface area contributed by atoms with E-state index in [0.29, 0.717) is 10.8 Å². The van der Waals surface area contributed by atoms with Crippen molar-refractivity contribution in [3.8, 4) is 0 Å². The van der Waals surface area contributed by atoms with Crippen molar-refractivity contribution < 1.29 is 19.1 Å². The lowest BCUT2D eigenvalue weighted by Crippen LogP contribution is -2.48. The Hall–Kier alpha value is -3.10. The molecule has 0 N–H and O–H groups in total. The molecule has 26 heavy (non-hydrogen) atoms. The van der Waals surface area contributed by atoms with Crippen molar-refractivity contribution in [2.75, 3.05) is 11.5 Å². The van der Waals surface area contributed by atoms with Gasteiger partial charge in [-0.25, -0.2) is 9.69 Å². The van der Waals surface area contributed by atoms with Crippen molar-refractivity contribution in [2.45, 2.75) is 39.2 Å². The summed E-state index contributed by atoms with van der Waals surface area (Å²) in [6.07, 6.45) is -0.500. The van der Waals surface area contributed by atoms with E-state index in [0.717, 1.165) is 16.0 Å². The van der Waals surface area contributed by atoms with E-state index in [2.05, 4.69) is 10.4 Å². The second-order valence-electron chi connectivity index (χ2n) is 6.40. The Morgan fingerprint density at radius 1 is 1.23 bits per heavy atom. The molecule has 2 heterocycles. The number of nitrogens with zero attached hydrogens (tertiary/aromatic N) is 4. The van der Waals surface area contributed by atoms with Gasteiger partial charge in [-0.3, -0.25) is 9.59 Å². The van der Waals surface area contributed by atoms with E-state index in [1.54, 1.807) is 19.1 Å². The Morgan fingerprint density at radius 3 is 2.46 bits per heavy atom. The molecule has 0 bridgehead atoms. The van der Waals surface area contributed by atoms with Crippen molar-refractivity contribution >= 4 is 29.2 Å². The first kappa shape index (κ1) is 17.7. The Bertz CT molecular complexity index is 829. The van der Waals surface area contributed by atoms with Crippen molar-refractivity contribution in [3.63, 3.8) is 0 Å². The summed E-state index contributed by atoms with van der Waals surface area (Å²) in [7, 11) is 0. The number of hydrogen-bond donors (Lipinski definition) is 0. The molecule has 1 saturated heterocycles. The van der Waals surface area contributed by atoms with Crippen LogP contribution in [0.2, 0.25) is 0 Å². The number of benzene rings is 1. The standard InChI is InChI=1S/C17H18N4O5/c1-4-26-15(23)13-8-17(21(18-13)19-25)9-14(22)20(16(17)24)12-6-10(2)5-11(3)7-12/h5-7H,4,8-9H2,1-3H3/t17-/m1/s1. The highest BCUT2D eigenvalue weighted by atomic mass is 16.5. The van der Waals surface area contributed by atoms with Gasteiger partial charge in [0, 0.05) is 6.42 Å². The molecule has 1 aromatic rings. The molecule has 1 aromatic carbocycles. The number of carbonyl (C=O) groups excluding carboxylic acids is 3. The van der Waals surface area contributed by atoms with Gasteiger partial charge in [-0.05, 0) is 44.0 Å². The molecule has 9 heteroatoms. The third-order valence-electron chi connectivity index (χ3n) is 4.41. The fourth-order valence-electron chi connectivity index (χ4n) is 3.38. The van der Waals surface area contributed by atoms with Crippen LogP contribution in [0.25, 0.3) is 0 Å². The van der Waals surface area contributed by atoms with Crippen LogP contribution in [0.5, 0.6) is 0 Å². The number of hydrazone groups is 1. The molecular weight excluding hydrogens is 340 g/mol. The average Bonchev–Trinajstić information content (AvgIpc) is 3.05. The van der Waals surface area contributed by atoms with Gasteiger partial charge < -0.3 is 4.74 Å². The highest BCUT2D eigenvalue weighted by Gasteiger charge is 2.61. The molecule has 0 aromatic heterocycles. The van der Waals surface area contributed by atoms with E-state index in [1.807, 2.05) is 19.9 Å². The van der Waals surface area contributed by atoms with Gasteiger partial charge in [0.15, 0.2) is 11.3 Å². The maximum absolute atomic E-state index is 13.1. The second kappa shape index (κ2) is 6.32. The molecule has 2 aliphatic heterocycles. The van der Waals surface area contributed by atoms with Crippen LogP contribution in [-0.4, -0.2) is 40.8 Å². The van der Waals surface area contributed by atoms with Crippen LogP contribution < -0.4 is 4.90 Å². The van der Waals surface area contributed by atoms with Gasteiger partial charge in [0.05, 0.1) is 24.0 Å². The topological polar surface area (TPSA) is 109 Å². The van der Waals surface area contributed by atoms with Crippen molar-refractivity contribution in [3.05, 3.63) is 34.2 Å². The molecule has 3 rings (SSSR count). The molecule has 2 aliphatic rings. The van der Waals surface area contributed by atoms with E-state index in [-0.39, 0.29) is 25.2 Å². The van der Waals surface area contributed by atoms with Crippen LogP contribution in [0.4, 0.5) is 5.69 Å². The van der Waals surface area contributed by atoms with Crippen LogP contribution in [0.15, 0.2) is 28.6 Å². The zero-order valence-corrected chi connectivity index (χ0v) is 14.7. The Morgan fingerprint density at radius 2 is 1.88 bits per heavy atom. The zero-order chi connectivity index (χ0) is 19.1. The summed E-state index contributed by atoms with van der Waals surface area (Å²) in [4.78, 5) is 49.9. The van der Waals surface area contributed by atoms with E-state index in [9.17, 15) is 19.3 Å². The van der Waals surface area contributed by atoms with Gasteiger partial charge in [-0.2, -0.15) is 0 Å². The molecule has 1 fully saturated rings. The van der Waals surface area contributed by atoms with Gasteiger partial charge >= 0.3 is 5.97 Å². The Kier molecular flexibility index (Phi) is 4.31. The van der Waals surface area contributed by atoms with Crippen LogP contribution in [0.3, 0.4) is 0 Å². The van der Waals surface area contributed by atoms with Gasteiger partial charge in [0.1, 0.15) is 0 Å². The number of esters is 1. The lowest BCUT2D eigenvalue weighted by molar-refractivity contribution is -0.135. The van der Waals surface area contributed by atoms with Crippen LogP contribution in [0, 0.1) is 18.8 Å². The van der Waals surface area contributed by atoms with Crippen LogP contribution in [0.1, 0.15) is 30.9 Å². The van der Waals surface area contributed by atoms with Gasteiger partial charge in [-0.15, -0.1) is 15.1 Å². The lowest BCUT2D eigenvalue weighted by Gasteiger charge is -2.25. The number of ether oxygens (including phenoxy) is 1. The molecule has 1 spiro atoms. The molecule has 1 atom stereocenters. The first-order valence-electron chi connectivity index (χ1n) is 8.16. The molecule has 136 valence electrons. The van der Waals surface area contributed by atoms with E-state index in [4.69, 9.17) is 4.74 Å². The Labute approximate surface area is 149 Å². The number of rotatable bonds is 4. The monoisotopic (exact) mass is 358 g/mol. The highest BCUT2D eigenvalue weighted by molar-refractivity contribution is 6.39. The molecule has 0 unspecified atom stereocenters. The van der Waals surface area contributed by atoms with Crippen LogP contribution >= 0.6 is 0 Å². The number of aryl methyl sites for hydroxylation is 2. The smallest absolute Gasteiger partial charge is 0.354 e. The summed E-state index contributed by atoms with van der Waals surface area (Å²) in [5, 5.41) is 7.18. The van der Waals surface area contributed by atoms with Gasteiger partial charge in [0.2, 0.25) is 5.91 Å². The fourth-order valence-corrected chi connectivity index (χ4v) is 3.38. The highest BCUT2D eigenvalue weighted by Crippen LogP contribution is 2.41. The summed E-state index contributed by atoms with van der Waals surface area (Å²) in [5.41, 5.74) is 0.488. The van der Waals surface area contributed by atoms with Crippen molar-refractivity contribution in [2.24, 2.45) is 10.4 Å². The molecule has 0 saturated carbocycles. The number of amides is 2. The van der Waals surface area contributed by atoms with Crippen molar-refractivity contribution in [1.82, 2.24) is 5.12 Å². The largest absolute Gasteiger partial charge is 0.461 e. The fraction of sp³-hybridized carbons (Fsp3) is 0.412. The predicted octanol–water partition coefficient (Wildman–Crippen LogP) is 1.61. The van der Waals surface area contributed by atoms with Crippen molar-refractivity contribution in [1.29, 1.82) is 0 Å². The third kappa shape index (κ3) is 2.65. The normalized spacial score (nSPS) is 22.2. The molecular formula is C17H18N4O5. The molecule has 9 nitrogen and oxygen atoms in total. The van der Waals surface area contributed by atoms with Gasteiger partial charge in [-0.1, -0.05) is 6.07 Å². The first-order chi connectivity index (χ1) is 12.3. The SMILES string of the molecule is CCOC(=O)C1=NN(N=O)[C@@]2(CC(=O)N(c3cc(C)cc(C)c3)C2=O)C1. The lowest BCUT2D eigenvalue weighted by atomic mass is 9.92. The third-order valence-corrected chi connectivity index (χ3v) is 4.41. The number of carbonyl (C=O) groups is 3. The summed E-state index contributed by atoms with van der Waals surface area (Å²) in [6.45, 7) is 5.47. The summed E-state index contributed by atoms with van der Waals surface area (Å²) in [6, 6.07) is 5.34. The molecule has 0 radical (unpaired) electrons. The number of hydrogen-bond acceptors (Lipinski definition) is 7. The number of nitroso groups, excluding NO2 is 1. The second-order valence-corrected chi connectivity index (χ2v) is 6.40. The minimum atomic E-state index is -1.61. The van der Waals surface area contributed by atoms with E-state index < -0.39 is 23.3 Å². The maximum atomic E-state index is 13.1. The van der Waals surface area contributed by atoms with Crippen LogP contribution in [-0.2, 0) is 19.1 Å². The number of imide groups is 1. The van der Waals surface area contributed by atoms with E-state index >= 15 is 0 Å². The Balaban J connectivity index is 1.97. The average molecular weight is 358 g/mol. The van der Waals surface area contributed by atoms with E-state index in [1.165, 1.54) is 0 Å². The zero-order valence-electron chi connectivity index (χ0n) is 14.7. The molecule has 0 aliphatic carbocycles. The predicted molar refractivity (Wildman–Crippen MR) is 92.1 cm³/mol. The van der Waals surface area contributed by atoms with Gasteiger partial charge in [0.25, 0.3) is 5.91 Å². The maximum Gasteiger partial charge on any atom is 0.354 e. The minimum absolute atomic E-state index is 0.102. The summed E-state index contributed by atoms with van der Waals surface area (Å²) >= 11 is 0.